The molecule has 2 aromatic rings. The van der Waals surface area contributed by atoms with Gasteiger partial charge < -0.3 is 14.8 Å². The normalized spacial score (nSPS) is 17.0. The Bertz CT molecular complexity index is 788. The Morgan fingerprint density at radius 1 is 1.15 bits per heavy atom. The molecule has 0 radical (unpaired) electrons. The molecular formula is C22H25NO4. The number of alkyl carbamates (subject to hydrolysis) is 1. The third kappa shape index (κ3) is 5.09. The fraction of sp³-hybridized carbons (Fsp3) is 0.364. The van der Waals surface area contributed by atoms with Crippen LogP contribution in [0.4, 0.5) is 4.79 Å². The number of hydrogen-bond donors (Lipinski definition) is 1. The number of amides is 1. The van der Waals surface area contributed by atoms with Crippen molar-refractivity contribution < 1.29 is 19.1 Å². The van der Waals surface area contributed by atoms with Gasteiger partial charge in [0, 0.05) is 6.42 Å². The second-order valence-electron chi connectivity index (χ2n) is 7.25. The van der Waals surface area contributed by atoms with E-state index in [0.717, 1.165) is 11.1 Å². The number of esters is 1. The van der Waals surface area contributed by atoms with Gasteiger partial charge in [0.15, 0.2) is 0 Å². The highest BCUT2D eigenvalue weighted by molar-refractivity contribution is 5.92. The number of carbonyl (C=O) groups is 2. The lowest BCUT2D eigenvalue weighted by molar-refractivity contribution is 0.0122. The maximum atomic E-state index is 12.3. The molecule has 0 saturated heterocycles. The molecule has 0 fully saturated rings. The molecule has 5 nitrogen and oxygen atoms in total. The maximum Gasteiger partial charge on any atom is 0.407 e. The van der Waals surface area contributed by atoms with Crippen molar-refractivity contribution in [1.29, 1.82) is 0 Å². The quantitative estimate of drug-likeness (QED) is 0.781. The second kappa shape index (κ2) is 8.71. The van der Waals surface area contributed by atoms with Gasteiger partial charge in [-0.3, -0.25) is 0 Å². The smallest absolute Gasteiger partial charge is 0.407 e. The Kier molecular flexibility index (Phi) is 6.12. The summed E-state index contributed by atoms with van der Waals surface area (Å²) >= 11 is 0. The van der Waals surface area contributed by atoms with Gasteiger partial charge in [-0.1, -0.05) is 62.4 Å². The minimum absolute atomic E-state index is 0.203. The number of rotatable bonds is 6. The van der Waals surface area contributed by atoms with Crippen LogP contribution in [0.3, 0.4) is 0 Å². The van der Waals surface area contributed by atoms with Crippen molar-refractivity contribution in [1.82, 2.24) is 5.32 Å². The minimum Gasteiger partial charge on any atom is -0.456 e. The zero-order valence-electron chi connectivity index (χ0n) is 15.7. The fourth-order valence-electron chi connectivity index (χ4n) is 3.31. The monoisotopic (exact) mass is 367 g/mol. The average molecular weight is 367 g/mol. The first-order valence-corrected chi connectivity index (χ1v) is 9.29. The molecular weight excluding hydrogens is 342 g/mol. The van der Waals surface area contributed by atoms with Crippen LogP contribution in [0.15, 0.2) is 54.6 Å². The molecule has 142 valence electrons. The average Bonchev–Trinajstić information content (AvgIpc) is 2.66. The number of carbonyl (C=O) groups excluding carboxylic acids is 2. The van der Waals surface area contributed by atoms with Gasteiger partial charge in [-0.2, -0.15) is 0 Å². The number of ether oxygens (including phenoxy) is 2. The van der Waals surface area contributed by atoms with E-state index >= 15 is 0 Å². The van der Waals surface area contributed by atoms with Crippen LogP contribution >= 0.6 is 0 Å². The molecule has 1 N–H and O–H groups in total. The van der Waals surface area contributed by atoms with Gasteiger partial charge in [-0.25, -0.2) is 9.59 Å². The van der Waals surface area contributed by atoms with Crippen molar-refractivity contribution >= 4 is 12.1 Å². The van der Waals surface area contributed by atoms with Gasteiger partial charge in [0.1, 0.15) is 12.7 Å². The molecule has 5 heteroatoms. The molecule has 2 aromatic carbocycles. The van der Waals surface area contributed by atoms with Crippen LogP contribution < -0.4 is 5.32 Å². The number of benzene rings is 2. The van der Waals surface area contributed by atoms with Gasteiger partial charge in [0.25, 0.3) is 0 Å². The van der Waals surface area contributed by atoms with Crippen molar-refractivity contribution in [3.63, 3.8) is 0 Å². The van der Waals surface area contributed by atoms with Gasteiger partial charge in [-0.05, 0) is 29.5 Å². The molecule has 3 rings (SSSR count). The van der Waals surface area contributed by atoms with Crippen LogP contribution in [-0.4, -0.2) is 24.2 Å². The number of hydrogen-bond acceptors (Lipinski definition) is 4. The predicted molar refractivity (Wildman–Crippen MR) is 102 cm³/mol. The molecule has 27 heavy (non-hydrogen) atoms. The van der Waals surface area contributed by atoms with Crippen molar-refractivity contribution in [2.24, 2.45) is 5.92 Å². The summed E-state index contributed by atoms with van der Waals surface area (Å²) in [4.78, 5) is 24.6. The van der Waals surface area contributed by atoms with E-state index in [1.165, 1.54) is 0 Å². The molecule has 0 unspecified atom stereocenters. The molecule has 0 aromatic heterocycles. The third-order valence-corrected chi connectivity index (χ3v) is 4.61. The second-order valence-corrected chi connectivity index (χ2v) is 7.25. The molecule has 0 aliphatic carbocycles. The lowest BCUT2D eigenvalue weighted by atomic mass is 9.91. The van der Waals surface area contributed by atoms with E-state index in [9.17, 15) is 9.59 Å². The van der Waals surface area contributed by atoms with E-state index in [4.69, 9.17) is 9.47 Å². The predicted octanol–water partition coefficient (Wildman–Crippen LogP) is 4.11. The molecule has 0 bridgehead atoms. The summed E-state index contributed by atoms with van der Waals surface area (Å²) in [5.74, 6) is -0.00430. The molecule has 0 spiro atoms. The summed E-state index contributed by atoms with van der Waals surface area (Å²) in [5.41, 5.74) is 2.47. The Labute approximate surface area is 159 Å². The van der Waals surface area contributed by atoms with Gasteiger partial charge in [0.05, 0.1) is 11.6 Å². The SMILES string of the molecule is CC(C)C[C@H](NC(=O)OCc1ccccc1)[C@H]1Cc2ccccc2C(=O)O1. The first kappa shape index (κ1) is 19.0. The molecule has 0 saturated carbocycles. The summed E-state index contributed by atoms with van der Waals surface area (Å²) in [6.45, 7) is 4.35. The highest BCUT2D eigenvalue weighted by Crippen LogP contribution is 2.24. The number of cyclic esters (lactones) is 1. The van der Waals surface area contributed by atoms with E-state index in [1.807, 2.05) is 48.5 Å². The molecule has 2 atom stereocenters. The Morgan fingerprint density at radius 3 is 2.59 bits per heavy atom. The minimum atomic E-state index is -0.501. The van der Waals surface area contributed by atoms with Gasteiger partial charge in [-0.15, -0.1) is 0 Å². The highest BCUT2D eigenvalue weighted by Gasteiger charge is 2.33. The lowest BCUT2D eigenvalue weighted by Crippen LogP contribution is -2.48. The van der Waals surface area contributed by atoms with Crippen molar-refractivity contribution in [3.05, 3.63) is 71.3 Å². The Balaban J connectivity index is 1.65. The largest absolute Gasteiger partial charge is 0.456 e. The molecule has 1 aliphatic rings. The van der Waals surface area contributed by atoms with Crippen molar-refractivity contribution in [2.75, 3.05) is 0 Å². The highest BCUT2D eigenvalue weighted by atomic mass is 16.6. The third-order valence-electron chi connectivity index (χ3n) is 4.61. The summed E-state index contributed by atoms with van der Waals surface area (Å²) in [6, 6.07) is 16.7. The zero-order chi connectivity index (χ0) is 19.2. The van der Waals surface area contributed by atoms with E-state index < -0.39 is 12.2 Å². The van der Waals surface area contributed by atoms with Crippen molar-refractivity contribution in [3.8, 4) is 0 Å². The van der Waals surface area contributed by atoms with Crippen molar-refractivity contribution in [2.45, 2.75) is 45.4 Å². The zero-order valence-corrected chi connectivity index (χ0v) is 15.7. The van der Waals surface area contributed by atoms with E-state index in [1.54, 1.807) is 6.07 Å². The molecule has 1 amide bonds. The summed E-state index contributed by atoms with van der Waals surface area (Å²) in [5, 5.41) is 2.90. The van der Waals surface area contributed by atoms with Crippen LogP contribution in [0.1, 0.15) is 41.8 Å². The van der Waals surface area contributed by atoms with Crippen LogP contribution in [0, 0.1) is 5.92 Å². The maximum absolute atomic E-state index is 12.3. The van der Waals surface area contributed by atoms with E-state index in [-0.39, 0.29) is 18.6 Å². The van der Waals surface area contributed by atoms with Gasteiger partial charge in [0.2, 0.25) is 0 Å². The standard InChI is InChI=1S/C22H25NO4/c1-15(2)12-19(23-22(25)26-14-16-8-4-3-5-9-16)20-13-17-10-6-7-11-18(17)21(24)27-20/h3-11,15,19-20H,12-14H2,1-2H3,(H,23,25)/t19-,20+/m0/s1. The first-order valence-electron chi connectivity index (χ1n) is 9.29. The summed E-state index contributed by atoms with van der Waals surface area (Å²) < 4.78 is 11.0. The van der Waals surface area contributed by atoms with E-state index in [2.05, 4.69) is 19.2 Å². The van der Waals surface area contributed by atoms with Gasteiger partial charge >= 0.3 is 12.1 Å². The van der Waals surface area contributed by atoms with Crippen LogP contribution in [0.25, 0.3) is 0 Å². The van der Waals surface area contributed by atoms with E-state index in [0.29, 0.717) is 24.3 Å². The van der Waals surface area contributed by atoms with Crippen LogP contribution in [-0.2, 0) is 22.5 Å². The molecule has 1 heterocycles. The molecule has 1 aliphatic heterocycles. The van der Waals surface area contributed by atoms with Crippen LogP contribution in [0.5, 0.6) is 0 Å². The topological polar surface area (TPSA) is 64.6 Å². The fourth-order valence-corrected chi connectivity index (χ4v) is 3.31. The van der Waals surface area contributed by atoms with Crippen LogP contribution in [0.2, 0.25) is 0 Å². The Hall–Kier alpha value is -2.82. The number of nitrogens with one attached hydrogen (secondary N) is 1. The number of fused-ring (bicyclic) bond motifs is 1. The summed E-state index contributed by atoms with van der Waals surface area (Å²) in [7, 11) is 0. The first-order chi connectivity index (χ1) is 13.0. The Morgan fingerprint density at radius 2 is 1.85 bits per heavy atom. The summed E-state index contributed by atoms with van der Waals surface area (Å²) in [6.07, 6.45) is 0.372. The lowest BCUT2D eigenvalue weighted by Gasteiger charge is -2.32.